The Hall–Kier alpha value is -1.51. The molecule has 2 saturated heterocycles. The minimum atomic E-state index is -3.54. The third-order valence-corrected chi connectivity index (χ3v) is 6.85. The first-order chi connectivity index (χ1) is 11.2. The number of hydrogen-bond donors (Lipinski definition) is 1. The minimum absolute atomic E-state index is 0. The number of fused-ring (bicyclic) bond motifs is 1. The first-order valence-corrected chi connectivity index (χ1v) is 9.63. The van der Waals surface area contributed by atoms with Gasteiger partial charge < -0.3 is 4.90 Å². The van der Waals surface area contributed by atoms with Crippen molar-refractivity contribution in [2.75, 3.05) is 26.2 Å². The normalized spacial score (nSPS) is 22.1. The molecule has 2 aromatic rings. The molecule has 23 heavy (non-hydrogen) atoms. The average Bonchev–Trinajstić information content (AvgIpc) is 3.25. The predicted octanol–water partition coefficient (Wildman–Crippen LogP) is 1.45. The number of nitrogens with zero attached hydrogens (tertiary/aromatic N) is 4. The van der Waals surface area contributed by atoms with E-state index in [-0.39, 0.29) is 6.45 Å². The summed E-state index contributed by atoms with van der Waals surface area (Å²) < 4.78 is 27.4. The number of pyridine rings is 1. The number of hydrogen-bond acceptors (Lipinski definition) is 5. The molecule has 2 fully saturated rings. The second-order valence-electron chi connectivity index (χ2n) is 6.31. The molecule has 126 valence electrons. The van der Waals surface area contributed by atoms with E-state index in [1.165, 1.54) is 12.8 Å². The number of sulfonamides is 1. The molecule has 0 bridgehead atoms. The second-order valence-corrected chi connectivity index (χ2v) is 8.18. The molecule has 7 nitrogen and oxygen atoms in total. The number of piperidine rings is 1. The molecule has 0 aromatic carbocycles. The Labute approximate surface area is 137 Å². The Bertz CT molecular complexity index is 795. The van der Waals surface area contributed by atoms with Crippen LogP contribution in [0.4, 0.5) is 0 Å². The molecule has 4 rings (SSSR count). The summed E-state index contributed by atoms with van der Waals surface area (Å²) in [4.78, 5) is 6.61. The molecule has 2 aliphatic heterocycles. The molecule has 0 amide bonds. The van der Waals surface area contributed by atoms with E-state index in [4.69, 9.17) is 0 Å². The van der Waals surface area contributed by atoms with E-state index >= 15 is 0 Å². The van der Waals surface area contributed by atoms with Crippen LogP contribution in [0.2, 0.25) is 0 Å². The summed E-state index contributed by atoms with van der Waals surface area (Å²) in [6, 6.07) is 4.01. The van der Waals surface area contributed by atoms with Crippen LogP contribution < -0.4 is 0 Å². The van der Waals surface area contributed by atoms with Gasteiger partial charge in [0.25, 0.3) is 10.0 Å². The topological polar surface area (TPSA) is 82.2 Å². The Balaban J connectivity index is 0.00000169. The largest absolute Gasteiger partial charge is 0.300 e. The molecule has 2 aliphatic rings. The average molecular weight is 337 g/mol. The Morgan fingerprint density at radius 3 is 2.65 bits per heavy atom. The van der Waals surface area contributed by atoms with Crippen molar-refractivity contribution in [2.24, 2.45) is 0 Å². The number of aromatic nitrogens is 3. The maximum absolute atomic E-state index is 12.9. The standard InChI is InChI=1S/C15H21N5O2S.H2/c21-23(22,15-13-4-3-7-16-14(13)17-18-15)20-10-5-12(6-11-20)19-8-1-2-9-19;/h3-4,7,12H,1-2,5-6,8-11H2,(H,16,17,18);1H. The number of likely N-dealkylation sites (tertiary alicyclic amines) is 1. The summed E-state index contributed by atoms with van der Waals surface area (Å²) in [6.45, 7) is 3.47. The van der Waals surface area contributed by atoms with Crippen molar-refractivity contribution in [1.29, 1.82) is 0 Å². The highest BCUT2D eigenvalue weighted by atomic mass is 32.2. The zero-order chi connectivity index (χ0) is 15.9. The van der Waals surface area contributed by atoms with Crippen molar-refractivity contribution in [3.63, 3.8) is 0 Å². The van der Waals surface area contributed by atoms with Crippen molar-refractivity contribution in [3.05, 3.63) is 18.3 Å². The molecular weight excluding hydrogens is 314 g/mol. The van der Waals surface area contributed by atoms with Gasteiger partial charge in [-0.1, -0.05) is 0 Å². The van der Waals surface area contributed by atoms with Crippen LogP contribution in [0, 0.1) is 0 Å². The summed E-state index contributed by atoms with van der Waals surface area (Å²) in [5.74, 6) is 0. The van der Waals surface area contributed by atoms with Crippen molar-refractivity contribution in [2.45, 2.75) is 36.8 Å². The first kappa shape index (κ1) is 15.0. The molecular formula is C15H23N5O2S. The molecule has 4 heterocycles. The van der Waals surface area contributed by atoms with Gasteiger partial charge in [-0.2, -0.15) is 9.40 Å². The number of aromatic amines is 1. The fourth-order valence-electron chi connectivity index (χ4n) is 3.71. The fraction of sp³-hybridized carbons (Fsp3) is 0.600. The lowest BCUT2D eigenvalue weighted by atomic mass is 10.1. The van der Waals surface area contributed by atoms with Crippen LogP contribution >= 0.6 is 0 Å². The highest BCUT2D eigenvalue weighted by molar-refractivity contribution is 7.89. The lowest BCUT2D eigenvalue weighted by Crippen LogP contribution is -2.45. The number of rotatable bonds is 3. The maximum atomic E-state index is 12.9. The van der Waals surface area contributed by atoms with Crippen LogP contribution in [0.3, 0.4) is 0 Å². The SMILES string of the molecule is O=S(=O)(c1[nH]nc2ncccc12)N1CCC(N2CCCC2)CC1.[HH]. The van der Waals surface area contributed by atoms with Crippen molar-refractivity contribution < 1.29 is 9.84 Å². The molecule has 0 unspecified atom stereocenters. The third kappa shape index (κ3) is 2.64. The zero-order valence-corrected chi connectivity index (χ0v) is 13.8. The summed E-state index contributed by atoms with van der Waals surface area (Å²) in [6.07, 6.45) is 5.96. The van der Waals surface area contributed by atoms with E-state index in [1.807, 2.05) is 0 Å². The summed E-state index contributed by atoms with van der Waals surface area (Å²) in [5.41, 5.74) is 0.443. The number of nitrogens with one attached hydrogen (secondary N) is 1. The van der Waals surface area contributed by atoms with Gasteiger partial charge in [-0.3, -0.25) is 5.10 Å². The molecule has 2 aromatic heterocycles. The maximum Gasteiger partial charge on any atom is 0.260 e. The van der Waals surface area contributed by atoms with E-state index in [0.29, 0.717) is 30.2 Å². The van der Waals surface area contributed by atoms with Crippen molar-refractivity contribution in [3.8, 4) is 0 Å². The fourth-order valence-corrected chi connectivity index (χ4v) is 5.26. The van der Waals surface area contributed by atoms with Gasteiger partial charge in [0.05, 0.1) is 5.39 Å². The molecule has 0 aliphatic carbocycles. The van der Waals surface area contributed by atoms with Gasteiger partial charge in [0.2, 0.25) is 0 Å². The molecule has 0 radical (unpaired) electrons. The lowest BCUT2D eigenvalue weighted by Gasteiger charge is -2.35. The van der Waals surface area contributed by atoms with Gasteiger partial charge in [0.1, 0.15) is 0 Å². The Morgan fingerprint density at radius 2 is 1.91 bits per heavy atom. The molecule has 1 N–H and O–H groups in total. The molecule has 8 heteroatoms. The zero-order valence-electron chi connectivity index (χ0n) is 13.0. The van der Waals surface area contributed by atoms with Crippen LogP contribution in [0.15, 0.2) is 23.4 Å². The third-order valence-electron chi connectivity index (χ3n) is 4.97. The quantitative estimate of drug-likeness (QED) is 0.917. The number of H-pyrrole nitrogens is 1. The van der Waals surface area contributed by atoms with Crippen LogP contribution in [-0.2, 0) is 10.0 Å². The summed E-state index contributed by atoms with van der Waals surface area (Å²) in [7, 11) is -3.54. The van der Waals surface area contributed by atoms with E-state index in [1.54, 1.807) is 22.6 Å². The van der Waals surface area contributed by atoms with Gasteiger partial charge in [0.15, 0.2) is 10.7 Å². The van der Waals surface area contributed by atoms with E-state index in [0.717, 1.165) is 25.9 Å². The molecule has 0 saturated carbocycles. The highest BCUT2D eigenvalue weighted by Gasteiger charge is 2.34. The van der Waals surface area contributed by atoms with Crippen LogP contribution in [-0.4, -0.2) is 65.0 Å². The Morgan fingerprint density at radius 1 is 1.17 bits per heavy atom. The van der Waals surface area contributed by atoms with Gasteiger partial charge in [-0.15, -0.1) is 0 Å². The smallest absolute Gasteiger partial charge is 0.260 e. The van der Waals surface area contributed by atoms with Gasteiger partial charge >= 0.3 is 0 Å². The van der Waals surface area contributed by atoms with Crippen molar-refractivity contribution >= 4 is 21.1 Å². The van der Waals surface area contributed by atoms with E-state index in [2.05, 4.69) is 20.1 Å². The second kappa shape index (κ2) is 5.85. The molecule has 0 spiro atoms. The van der Waals surface area contributed by atoms with Crippen LogP contribution in [0.25, 0.3) is 11.0 Å². The molecule has 0 atom stereocenters. The van der Waals surface area contributed by atoms with Crippen LogP contribution in [0.5, 0.6) is 0 Å². The van der Waals surface area contributed by atoms with Crippen LogP contribution in [0.1, 0.15) is 27.1 Å². The first-order valence-electron chi connectivity index (χ1n) is 8.19. The van der Waals surface area contributed by atoms with Gasteiger partial charge in [-0.05, 0) is 50.9 Å². The van der Waals surface area contributed by atoms with E-state index < -0.39 is 10.0 Å². The minimum Gasteiger partial charge on any atom is -0.300 e. The monoisotopic (exact) mass is 337 g/mol. The van der Waals surface area contributed by atoms with Crippen molar-refractivity contribution in [1.82, 2.24) is 24.4 Å². The lowest BCUT2D eigenvalue weighted by molar-refractivity contribution is 0.167. The predicted molar refractivity (Wildman–Crippen MR) is 88.6 cm³/mol. The Kier molecular flexibility index (Phi) is 3.82. The summed E-state index contributed by atoms with van der Waals surface area (Å²) >= 11 is 0. The summed E-state index contributed by atoms with van der Waals surface area (Å²) in [5, 5.41) is 7.40. The van der Waals surface area contributed by atoms with Gasteiger partial charge in [-0.25, -0.2) is 13.4 Å². The van der Waals surface area contributed by atoms with Gasteiger partial charge in [0, 0.05) is 26.8 Å². The highest BCUT2D eigenvalue weighted by Crippen LogP contribution is 2.27. The van der Waals surface area contributed by atoms with E-state index in [9.17, 15) is 8.42 Å².